The Hall–Kier alpha value is -1.12. The minimum Gasteiger partial charge on any atom is -0.394 e. The Bertz CT molecular complexity index is 431. The van der Waals surface area contributed by atoms with Crippen molar-refractivity contribution in [2.75, 3.05) is 6.61 Å². The molecule has 0 amide bonds. The van der Waals surface area contributed by atoms with Gasteiger partial charge in [-0.2, -0.15) is 0 Å². The Morgan fingerprint density at radius 3 is 2.59 bits per heavy atom. The highest BCUT2D eigenvalue weighted by molar-refractivity contribution is 5.20. The van der Waals surface area contributed by atoms with Crippen LogP contribution in [0.1, 0.15) is 63.5 Å². The zero-order valence-corrected chi connectivity index (χ0v) is 14.0. The quantitative estimate of drug-likeness (QED) is 0.527. The Morgan fingerprint density at radius 2 is 1.95 bits per heavy atom. The standard InChI is InChI=1S/C20H31NO/c1-3-5-7-13-19-15-14-18(10-4-2)21(19)20(16-22)17-11-8-6-9-12-17/h4,6,8-9,11-12,18-20,22H,2-3,5,7,10,13-16H2,1H3. The maximum Gasteiger partial charge on any atom is 0.0628 e. The van der Waals surface area contributed by atoms with Crippen molar-refractivity contribution >= 4 is 0 Å². The monoisotopic (exact) mass is 301 g/mol. The van der Waals surface area contributed by atoms with Crippen LogP contribution in [-0.2, 0) is 0 Å². The summed E-state index contributed by atoms with van der Waals surface area (Å²) in [4.78, 5) is 2.59. The van der Waals surface area contributed by atoms with Crippen molar-refractivity contribution in [1.29, 1.82) is 0 Å². The summed E-state index contributed by atoms with van der Waals surface area (Å²) >= 11 is 0. The highest BCUT2D eigenvalue weighted by Gasteiger charge is 2.37. The molecule has 1 aromatic rings. The van der Waals surface area contributed by atoms with Crippen LogP contribution in [0.25, 0.3) is 0 Å². The SMILES string of the molecule is C=CCC1CCC(CCCCC)N1C(CO)c1ccccc1. The number of benzene rings is 1. The molecule has 0 saturated carbocycles. The lowest BCUT2D eigenvalue weighted by atomic mass is 10.0. The molecule has 3 unspecified atom stereocenters. The van der Waals surface area contributed by atoms with E-state index in [1.807, 2.05) is 12.1 Å². The predicted octanol–water partition coefficient (Wildman–Crippen LogP) is 4.71. The van der Waals surface area contributed by atoms with Gasteiger partial charge in [0.15, 0.2) is 0 Å². The molecule has 1 saturated heterocycles. The van der Waals surface area contributed by atoms with Crippen LogP contribution < -0.4 is 0 Å². The fraction of sp³-hybridized carbons (Fsp3) is 0.600. The molecular weight excluding hydrogens is 270 g/mol. The lowest BCUT2D eigenvalue weighted by Crippen LogP contribution is -2.40. The molecule has 0 radical (unpaired) electrons. The number of aliphatic hydroxyl groups is 1. The second kappa shape index (κ2) is 9.12. The first kappa shape index (κ1) is 17.2. The van der Waals surface area contributed by atoms with E-state index in [-0.39, 0.29) is 12.6 Å². The molecule has 2 heteroatoms. The van der Waals surface area contributed by atoms with E-state index >= 15 is 0 Å². The highest BCUT2D eigenvalue weighted by Crippen LogP contribution is 2.37. The van der Waals surface area contributed by atoms with E-state index in [4.69, 9.17) is 0 Å². The maximum absolute atomic E-state index is 10.0. The molecule has 122 valence electrons. The fourth-order valence-corrected chi connectivity index (χ4v) is 3.89. The molecule has 2 rings (SSSR count). The van der Waals surface area contributed by atoms with Gasteiger partial charge in [-0.3, -0.25) is 4.90 Å². The summed E-state index contributed by atoms with van der Waals surface area (Å²) in [6.45, 7) is 6.38. The van der Waals surface area contributed by atoms with Gasteiger partial charge in [0.2, 0.25) is 0 Å². The van der Waals surface area contributed by atoms with Gasteiger partial charge in [0.05, 0.1) is 12.6 Å². The summed E-state index contributed by atoms with van der Waals surface area (Å²) in [6.07, 6.45) is 10.7. The average molecular weight is 301 g/mol. The molecule has 0 bridgehead atoms. The van der Waals surface area contributed by atoms with Gasteiger partial charge in [-0.15, -0.1) is 6.58 Å². The third-order valence-corrected chi connectivity index (χ3v) is 4.97. The van der Waals surface area contributed by atoms with E-state index in [9.17, 15) is 5.11 Å². The van der Waals surface area contributed by atoms with Crippen LogP contribution in [0.2, 0.25) is 0 Å². The topological polar surface area (TPSA) is 23.5 Å². The van der Waals surface area contributed by atoms with Crippen LogP contribution >= 0.6 is 0 Å². The Labute approximate surface area is 135 Å². The Kier molecular flexibility index (Phi) is 7.14. The smallest absolute Gasteiger partial charge is 0.0628 e. The molecule has 1 aliphatic heterocycles. The highest BCUT2D eigenvalue weighted by atomic mass is 16.3. The van der Waals surface area contributed by atoms with Gasteiger partial charge in [-0.25, -0.2) is 0 Å². The van der Waals surface area contributed by atoms with Crippen LogP contribution in [0.4, 0.5) is 0 Å². The molecule has 2 nitrogen and oxygen atoms in total. The zero-order chi connectivity index (χ0) is 15.8. The largest absolute Gasteiger partial charge is 0.394 e. The second-order valence-electron chi connectivity index (χ2n) is 6.46. The molecule has 1 aliphatic rings. The van der Waals surface area contributed by atoms with Crippen LogP contribution in [-0.4, -0.2) is 28.7 Å². The number of hydrogen-bond acceptors (Lipinski definition) is 2. The van der Waals surface area contributed by atoms with E-state index < -0.39 is 0 Å². The molecular formula is C20H31NO. The van der Waals surface area contributed by atoms with Gasteiger partial charge in [0.1, 0.15) is 0 Å². The van der Waals surface area contributed by atoms with Crippen LogP contribution in [0.5, 0.6) is 0 Å². The minimum atomic E-state index is 0.125. The predicted molar refractivity (Wildman–Crippen MR) is 93.9 cm³/mol. The third kappa shape index (κ3) is 4.21. The molecule has 0 aliphatic carbocycles. The molecule has 1 fully saturated rings. The van der Waals surface area contributed by atoms with E-state index in [2.05, 4.69) is 42.7 Å². The van der Waals surface area contributed by atoms with Crippen LogP contribution in [0.3, 0.4) is 0 Å². The lowest BCUT2D eigenvalue weighted by Gasteiger charge is -2.37. The summed E-state index contributed by atoms with van der Waals surface area (Å²) in [5, 5.41) is 10.0. The van der Waals surface area contributed by atoms with Crippen molar-refractivity contribution in [2.24, 2.45) is 0 Å². The van der Waals surface area contributed by atoms with E-state index in [0.29, 0.717) is 12.1 Å². The third-order valence-electron chi connectivity index (χ3n) is 4.97. The van der Waals surface area contributed by atoms with Crippen LogP contribution in [0, 0.1) is 0 Å². The average Bonchev–Trinajstić information content (AvgIpc) is 2.93. The lowest BCUT2D eigenvalue weighted by molar-refractivity contribution is 0.0735. The van der Waals surface area contributed by atoms with Crippen molar-refractivity contribution in [3.05, 3.63) is 48.6 Å². The zero-order valence-electron chi connectivity index (χ0n) is 14.0. The number of unbranched alkanes of at least 4 members (excludes halogenated alkanes) is 2. The molecule has 3 atom stereocenters. The number of hydrogen-bond donors (Lipinski definition) is 1. The molecule has 0 spiro atoms. The summed E-state index contributed by atoms with van der Waals surface area (Å²) in [5.74, 6) is 0. The fourth-order valence-electron chi connectivity index (χ4n) is 3.89. The Morgan fingerprint density at radius 1 is 1.23 bits per heavy atom. The van der Waals surface area contributed by atoms with Gasteiger partial charge >= 0.3 is 0 Å². The van der Waals surface area contributed by atoms with E-state index in [0.717, 1.165) is 6.42 Å². The van der Waals surface area contributed by atoms with Gasteiger partial charge in [-0.1, -0.05) is 62.6 Å². The first-order valence-corrected chi connectivity index (χ1v) is 8.86. The maximum atomic E-state index is 10.0. The van der Waals surface area contributed by atoms with Crippen molar-refractivity contribution in [3.63, 3.8) is 0 Å². The van der Waals surface area contributed by atoms with Gasteiger partial charge in [0, 0.05) is 12.1 Å². The van der Waals surface area contributed by atoms with E-state index in [1.165, 1.54) is 44.1 Å². The molecule has 1 aromatic carbocycles. The molecule has 22 heavy (non-hydrogen) atoms. The number of nitrogens with zero attached hydrogens (tertiary/aromatic N) is 1. The second-order valence-corrected chi connectivity index (χ2v) is 6.46. The summed E-state index contributed by atoms with van der Waals surface area (Å²) in [6, 6.07) is 11.7. The summed E-state index contributed by atoms with van der Waals surface area (Å²) < 4.78 is 0. The van der Waals surface area contributed by atoms with E-state index in [1.54, 1.807) is 0 Å². The van der Waals surface area contributed by atoms with Crippen LogP contribution in [0.15, 0.2) is 43.0 Å². The van der Waals surface area contributed by atoms with Gasteiger partial charge in [-0.05, 0) is 31.2 Å². The first-order valence-electron chi connectivity index (χ1n) is 8.86. The van der Waals surface area contributed by atoms with Gasteiger partial charge in [0.25, 0.3) is 0 Å². The number of likely N-dealkylation sites (tertiary alicyclic amines) is 1. The molecule has 1 N–H and O–H groups in total. The molecule has 0 aromatic heterocycles. The summed E-state index contributed by atoms with van der Waals surface area (Å²) in [5.41, 5.74) is 1.24. The summed E-state index contributed by atoms with van der Waals surface area (Å²) in [7, 11) is 0. The first-order chi connectivity index (χ1) is 10.8. The normalized spacial score (nSPS) is 23.5. The van der Waals surface area contributed by atoms with Gasteiger partial charge < -0.3 is 5.11 Å². The minimum absolute atomic E-state index is 0.125. The van der Waals surface area contributed by atoms with Crippen molar-refractivity contribution in [3.8, 4) is 0 Å². The molecule has 1 heterocycles. The van der Waals surface area contributed by atoms with Crippen molar-refractivity contribution in [1.82, 2.24) is 4.90 Å². The Balaban J connectivity index is 2.16. The number of aliphatic hydroxyl groups excluding tert-OH is 1. The van der Waals surface area contributed by atoms with Crippen molar-refractivity contribution < 1.29 is 5.11 Å². The number of rotatable bonds is 9. The van der Waals surface area contributed by atoms with Crippen molar-refractivity contribution in [2.45, 2.75) is 70.0 Å².